The first-order valence-electron chi connectivity index (χ1n) is 2.43. The van der Waals surface area contributed by atoms with Gasteiger partial charge < -0.3 is 6.16 Å². The quantitative estimate of drug-likeness (QED) is 0.294. The van der Waals surface area contributed by atoms with Gasteiger partial charge in [-0.2, -0.15) is 17.2 Å². The zero-order chi connectivity index (χ0) is 8.91. The zero-order valence-electron chi connectivity index (χ0n) is 7.24. The molecule has 0 aromatic rings. The van der Waals surface area contributed by atoms with Crippen molar-refractivity contribution < 1.29 is 51.0 Å². The molecule has 0 amide bonds. The monoisotopic (exact) mass is 200 g/mol. The molecule has 0 rings (SSSR count). The number of halogens is 2. The fraction of sp³-hybridized carbons (Fsp3) is 1.00. The van der Waals surface area contributed by atoms with E-state index in [1.807, 2.05) is 0 Å². The van der Waals surface area contributed by atoms with Crippen LogP contribution in [0.5, 0.6) is 0 Å². The van der Waals surface area contributed by atoms with Crippen LogP contribution in [0, 0.1) is 0 Å². The SMILES string of the molecule is O=S(=O)(O)OCCOC(F)F.[H-].[Li+]. The molecular formula is C3H7F2LiO5S. The first-order chi connectivity index (χ1) is 4.92. The maximum absolute atomic E-state index is 11.2. The van der Waals surface area contributed by atoms with Crippen molar-refractivity contribution in [1.29, 1.82) is 0 Å². The van der Waals surface area contributed by atoms with Crippen LogP contribution < -0.4 is 18.9 Å². The summed E-state index contributed by atoms with van der Waals surface area (Å²) in [6.45, 7) is -4.21. The molecule has 9 heteroatoms. The Bertz CT molecular complexity index is 198. The molecule has 5 nitrogen and oxygen atoms in total. The average Bonchev–Trinajstić information content (AvgIpc) is 1.78. The van der Waals surface area contributed by atoms with Crippen LogP contribution in [0.25, 0.3) is 0 Å². The molecule has 0 radical (unpaired) electrons. The van der Waals surface area contributed by atoms with E-state index in [0.29, 0.717) is 0 Å². The van der Waals surface area contributed by atoms with Gasteiger partial charge in [0.1, 0.15) is 0 Å². The van der Waals surface area contributed by atoms with E-state index in [-0.39, 0.29) is 20.3 Å². The van der Waals surface area contributed by atoms with Crippen molar-refractivity contribution in [1.82, 2.24) is 0 Å². The van der Waals surface area contributed by atoms with Crippen LogP contribution in [0.15, 0.2) is 0 Å². The number of rotatable bonds is 5. The second-order valence-electron chi connectivity index (χ2n) is 1.38. The molecule has 0 aliphatic rings. The van der Waals surface area contributed by atoms with Gasteiger partial charge in [-0.3, -0.25) is 4.55 Å². The second kappa shape index (κ2) is 6.77. The Balaban J connectivity index is -0.000000500. The zero-order valence-corrected chi connectivity index (χ0v) is 7.05. The second-order valence-corrected chi connectivity index (χ2v) is 2.47. The Kier molecular flexibility index (Phi) is 8.34. The maximum atomic E-state index is 11.2. The Morgan fingerprint density at radius 2 is 1.92 bits per heavy atom. The van der Waals surface area contributed by atoms with Crippen molar-refractivity contribution in [2.75, 3.05) is 13.2 Å². The first kappa shape index (κ1) is 14.8. The van der Waals surface area contributed by atoms with E-state index in [9.17, 15) is 17.2 Å². The first-order valence-corrected chi connectivity index (χ1v) is 3.80. The van der Waals surface area contributed by atoms with Crippen molar-refractivity contribution in [2.45, 2.75) is 6.61 Å². The van der Waals surface area contributed by atoms with Gasteiger partial charge in [-0.25, -0.2) is 4.18 Å². The predicted octanol–water partition coefficient (Wildman–Crippen LogP) is -2.84. The summed E-state index contributed by atoms with van der Waals surface area (Å²) >= 11 is 0. The Hall–Kier alpha value is 0.287. The van der Waals surface area contributed by atoms with Crippen molar-refractivity contribution >= 4 is 10.4 Å². The van der Waals surface area contributed by atoms with E-state index in [2.05, 4.69) is 8.92 Å². The van der Waals surface area contributed by atoms with Gasteiger partial charge in [0.05, 0.1) is 13.2 Å². The summed E-state index contributed by atoms with van der Waals surface area (Å²) in [5.41, 5.74) is 0. The molecule has 0 aliphatic heterocycles. The Morgan fingerprint density at radius 3 is 2.25 bits per heavy atom. The summed E-state index contributed by atoms with van der Waals surface area (Å²) < 4.78 is 57.0. The molecule has 12 heavy (non-hydrogen) atoms. The summed E-state index contributed by atoms with van der Waals surface area (Å²) in [6.07, 6.45) is 0. The molecule has 0 fully saturated rings. The van der Waals surface area contributed by atoms with E-state index in [1.165, 1.54) is 0 Å². The fourth-order valence-electron chi connectivity index (χ4n) is 0.277. The molecule has 0 unspecified atom stereocenters. The molecule has 0 aromatic heterocycles. The number of hydrogen-bond acceptors (Lipinski definition) is 4. The van der Waals surface area contributed by atoms with Crippen molar-refractivity contribution in [2.24, 2.45) is 0 Å². The van der Waals surface area contributed by atoms with E-state index < -0.39 is 30.2 Å². The third kappa shape index (κ3) is 12.9. The molecule has 70 valence electrons. The smallest absolute Gasteiger partial charge is 1.00 e. The van der Waals surface area contributed by atoms with Gasteiger partial charge in [-0.1, -0.05) is 0 Å². The third-order valence-corrected chi connectivity index (χ3v) is 1.02. The summed E-state index contributed by atoms with van der Waals surface area (Å²) in [5.74, 6) is 0. The summed E-state index contributed by atoms with van der Waals surface area (Å²) in [6, 6.07) is 0. The maximum Gasteiger partial charge on any atom is 1.00 e. The number of alkyl halides is 2. The van der Waals surface area contributed by atoms with Crippen molar-refractivity contribution in [3.8, 4) is 0 Å². The molecule has 0 aromatic carbocycles. The normalized spacial score (nSPS) is 11.3. The van der Waals surface area contributed by atoms with Crippen molar-refractivity contribution in [3.63, 3.8) is 0 Å². The van der Waals surface area contributed by atoms with E-state index >= 15 is 0 Å². The van der Waals surface area contributed by atoms with Gasteiger partial charge in [0.25, 0.3) is 0 Å². The molecule has 0 atom stereocenters. The summed E-state index contributed by atoms with van der Waals surface area (Å²) in [4.78, 5) is 0. The predicted molar refractivity (Wildman–Crippen MR) is 30.6 cm³/mol. The van der Waals surface area contributed by atoms with E-state index in [0.717, 1.165) is 0 Å². The van der Waals surface area contributed by atoms with Gasteiger partial charge in [0, 0.05) is 0 Å². The molecular weight excluding hydrogens is 193 g/mol. The molecule has 0 saturated carbocycles. The minimum Gasteiger partial charge on any atom is -1.00 e. The summed E-state index contributed by atoms with van der Waals surface area (Å²) in [7, 11) is -4.55. The molecule has 0 aliphatic carbocycles. The summed E-state index contributed by atoms with van der Waals surface area (Å²) in [5, 5.41) is 0. The topological polar surface area (TPSA) is 72.8 Å². The standard InChI is InChI=1S/C3H6F2O5S.Li.H/c4-3(5)9-1-2-10-11(6,7)8;;/h3H,1-2H2,(H,6,7,8);;/q;+1;-1. The van der Waals surface area contributed by atoms with Crippen molar-refractivity contribution in [3.05, 3.63) is 0 Å². The van der Waals surface area contributed by atoms with Crippen LogP contribution in [0.1, 0.15) is 1.43 Å². The Labute approximate surface area is 81.6 Å². The molecule has 0 spiro atoms. The van der Waals surface area contributed by atoms with Crippen LogP contribution in [0.2, 0.25) is 0 Å². The minimum atomic E-state index is -4.55. The largest absolute Gasteiger partial charge is 1.00 e. The third-order valence-electron chi connectivity index (χ3n) is 0.559. The molecule has 1 N–H and O–H groups in total. The number of ether oxygens (including phenoxy) is 1. The molecule has 0 saturated heterocycles. The van der Waals surface area contributed by atoms with Crippen LogP contribution in [0.4, 0.5) is 8.78 Å². The van der Waals surface area contributed by atoms with Gasteiger partial charge in [0.15, 0.2) is 0 Å². The minimum absolute atomic E-state index is 0. The van der Waals surface area contributed by atoms with Gasteiger partial charge in [0.2, 0.25) is 0 Å². The number of hydrogen-bond donors (Lipinski definition) is 1. The van der Waals surface area contributed by atoms with Gasteiger partial charge >= 0.3 is 35.9 Å². The van der Waals surface area contributed by atoms with E-state index in [1.54, 1.807) is 0 Å². The van der Waals surface area contributed by atoms with E-state index in [4.69, 9.17) is 4.55 Å². The van der Waals surface area contributed by atoms with Gasteiger partial charge in [-0.05, 0) is 0 Å². The Morgan fingerprint density at radius 1 is 1.42 bits per heavy atom. The van der Waals surface area contributed by atoms with Crippen LogP contribution in [-0.4, -0.2) is 32.8 Å². The van der Waals surface area contributed by atoms with Gasteiger partial charge in [-0.15, -0.1) is 0 Å². The average molecular weight is 200 g/mol. The molecule has 0 heterocycles. The van der Waals surface area contributed by atoms with Crippen LogP contribution in [0.3, 0.4) is 0 Å². The molecule has 0 bridgehead atoms. The fourth-order valence-corrected chi connectivity index (χ4v) is 0.555. The van der Waals surface area contributed by atoms with Crippen LogP contribution in [-0.2, 0) is 19.3 Å². The van der Waals surface area contributed by atoms with Crippen LogP contribution >= 0.6 is 0 Å².